The zero-order chi connectivity index (χ0) is 22.5. The topological polar surface area (TPSA) is 74.3 Å². The molecule has 7 heteroatoms. The van der Waals surface area contributed by atoms with Gasteiger partial charge in [-0.1, -0.05) is 26.0 Å². The number of aryl methyl sites for hydroxylation is 2. The van der Waals surface area contributed by atoms with E-state index in [1.54, 1.807) is 0 Å². The van der Waals surface area contributed by atoms with Crippen LogP contribution in [0.3, 0.4) is 0 Å². The van der Waals surface area contributed by atoms with Crippen molar-refractivity contribution in [3.05, 3.63) is 34.7 Å². The van der Waals surface area contributed by atoms with Crippen LogP contribution in [0.2, 0.25) is 0 Å². The van der Waals surface area contributed by atoms with Crippen molar-refractivity contribution >= 4 is 28.3 Å². The third-order valence-corrected chi connectivity index (χ3v) is 7.01. The van der Waals surface area contributed by atoms with Gasteiger partial charge < -0.3 is 10.6 Å². The molecular formula is C24H34N4O2S. The zero-order valence-corrected chi connectivity index (χ0v) is 20.0. The van der Waals surface area contributed by atoms with E-state index in [4.69, 9.17) is 0 Å². The fourth-order valence-corrected chi connectivity index (χ4v) is 4.32. The van der Waals surface area contributed by atoms with Gasteiger partial charge in [-0.15, -0.1) is 11.3 Å². The standard InChI is InChI=1S/C24H34N4O2S/c1-15(2)18(5)25-23(30)19-8-10-28(11-9-19)13-22(29)27-24-26-21(14-31-24)20-7-6-16(3)17(4)12-20/h6-7,12,14-15,18-19H,8-11,13H2,1-5H3,(H,25,30)(H,26,27,29). The summed E-state index contributed by atoms with van der Waals surface area (Å²) in [5, 5.41) is 8.64. The summed E-state index contributed by atoms with van der Waals surface area (Å²) < 4.78 is 0. The number of amides is 2. The SMILES string of the molecule is Cc1ccc(-c2csc(NC(=O)CN3CCC(C(=O)NC(C)C(C)C)CC3)n2)cc1C. The highest BCUT2D eigenvalue weighted by Gasteiger charge is 2.27. The van der Waals surface area contributed by atoms with Gasteiger partial charge in [0, 0.05) is 22.9 Å². The van der Waals surface area contributed by atoms with E-state index in [-0.39, 0.29) is 23.8 Å². The molecule has 2 N–H and O–H groups in total. The van der Waals surface area contributed by atoms with E-state index in [1.165, 1.54) is 22.5 Å². The molecule has 6 nitrogen and oxygen atoms in total. The highest BCUT2D eigenvalue weighted by Crippen LogP contribution is 2.26. The molecule has 0 saturated carbocycles. The van der Waals surface area contributed by atoms with Crippen LogP contribution in [0.5, 0.6) is 0 Å². The van der Waals surface area contributed by atoms with Gasteiger partial charge in [0.15, 0.2) is 5.13 Å². The molecule has 2 heterocycles. The van der Waals surface area contributed by atoms with E-state index < -0.39 is 0 Å². The maximum atomic E-state index is 12.5. The van der Waals surface area contributed by atoms with Crippen LogP contribution in [0.15, 0.2) is 23.6 Å². The number of hydrogen-bond donors (Lipinski definition) is 2. The minimum atomic E-state index is -0.0580. The summed E-state index contributed by atoms with van der Waals surface area (Å²) in [4.78, 5) is 31.6. The number of rotatable bonds is 7. The van der Waals surface area contributed by atoms with E-state index in [0.717, 1.165) is 37.2 Å². The summed E-state index contributed by atoms with van der Waals surface area (Å²) in [6.45, 7) is 12.3. The average molecular weight is 443 g/mol. The second kappa shape index (κ2) is 10.4. The van der Waals surface area contributed by atoms with Crippen LogP contribution in [-0.2, 0) is 9.59 Å². The van der Waals surface area contributed by atoms with Gasteiger partial charge >= 0.3 is 0 Å². The maximum Gasteiger partial charge on any atom is 0.240 e. The van der Waals surface area contributed by atoms with Crippen LogP contribution in [-0.4, -0.2) is 47.4 Å². The van der Waals surface area contributed by atoms with Gasteiger partial charge in [-0.3, -0.25) is 14.5 Å². The number of nitrogens with zero attached hydrogens (tertiary/aromatic N) is 2. The van der Waals surface area contributed by atoms with Gasteiger partial charge in [-0.05, 0) is 69.8 Å². The van der Waals surface area contributed by atoms with E-state index >= 15 is 0 Å². The predicted molar refractivity (Wildman–Crippen MR) is 127 cm³/mol. The second-order valence-corrected chi connectivity index (χ2v) is 9.83. The lowest BCUT2D eigenvalue weighted by Gasteiger charge is -2.31. The van der Waals surface area contributed by atoms with Crippen molar-refractivity contribution < 1.29 is 9.59 Å². The van der Waals surface area contributed by atoms with Crippen molar-refractivity contribution in [2.24, 2.45) is 11.8 Å². The first kappa shape index (κ1) is 23.4. The number of piperidine rings is 1. The number of anilines is 1. The first-order valence-corrected chi connectivity index (χ1v) is 12.0. The number of thiazole rings is 1. The number of carbonyl (C=O) groups excluding carboxylic acids is 2. The molecule has 0 bridgehead atoms. The molecule has 1 atom stereocenters. The Bertz CT molecular complexity index is 916. The predicted octanol–water partition coefficient (Wildman–Crippen LogP) is 4.24. The van der Waals surface area contributed by atoms with Gasteiger partial charge in [0.1, 0.15) is 0 Å². The van der Waals surface area contributed by atoms with Gasteiger partial charge in [0.05, 0.1) is 12.2 Å². The van der Waals surface area contributed by atoms with E-state index in [2.05, 4.69) is 66.4 Å². The molecule has 168 valence electrons. The maximum absolute atomic E-state index is 12.5. The Kier molecular flexibility index (Phi) is 7.84. The molecule has 1 aliphatic heterocycles. The summed E-state index contributed by atoms with van der Waals surface area (Å²) in [7, 11) is 0. The van der Waals surface area contributed by atoms with Crippen molar-refractivity contribution in [2.75, 3.05) is 25.0 Å². The number of carbonyl (C=O) groups is 2. The Hall–Kier alpha value is -2.25. The van der Waals surface area contributed by atoms with Crippen molar-refractivity contribution in [1.82, 2.24) is 15.2 Å². The summed E-state index contributed by atoms with van der Waals surface area (Å²) in [5.41, 5.74) is 4.42. The van der Waals surface area contributed by atoms with Crippen molar-refractivity contribution in [1.29, 1.82) is 0 Å². The van der Waals surface area contributed by atoms with Crippen LogP contribution >= 0.6 is 11.3 Å². The summed E-state index contributed by atoms with van der Waals surface area (Å²) in [5.74, 6) is 0.554. The molecule has 1 aromatic heterocycles. The Morgan fingerprint density at radius 2 is 1.87 bits per heavy atom. The molecule has 1 fully saturated rings. The van der Waals surface area contributed by atoms with Gasteiger partial charge in [0.2, 0.25) is 11.8 Å². The molecule has 3 rings (SSSR count). The molecule has 31 heavy (non-hydrogen) atoms. The highest BCUT2D eigenvalue weighted by atomic mass is 32.1. The monoisotopic (exact) mass is 442 g/mol. The van der Waals surface area contributed by atoms with Crippen molar-refractivity contribution in [2.45, 2.75) is 53.5 Å². The molecule has 2 aromatic rings. The van der Waals surface area contributed by atoms with Crippen LogP contribution < -0.4 is 10.6 Å². The first-order valence-electron chi connectivity index (χ1n) is 11.1. The van der Waals surface area contributed by atoms with E-state index in [0.29, 0.717) is 17.6 Å². The number of benzene rings is 1. The van der Waals surface area contributed by atoms with Crippen LogP contribution in [0, 0.1) is 25.7 Å². The lowest BCUT2D eigenvalue weighted by Crippen LogP contribution is -2.45. The molecule has 1 aliphatic rings. The van der Waals surface area contributed by atoms with Crippen molar-refractivity contribution in [3.8, 4) is 11.3 Å². The second-order valence-electron chi connectivity index (χ2n) is 8.98. The quantitative estimate of drug-likeness (QED) is 0.673. The number of aromatic nitrogens is 1. The number of nitrogens with one attached hydrogen (secondary N) is 2. The Balaban J connectivity index is 1.46. The molecule has 1 unspecified atom stereocenters. The fraction of sp³-hybridized carbons (Fsp3) is 0.542. The average Bonchev–Trinajstić information content (AvgIpc) is 3.18. The normalized spacial score (nSPS) is 16.3. The molecule has 1 aromatic carbocycles. The zero-order valence-electron chi connectivity index (χ0n) is 19.2. The van der Waals surface area contributed by atoms with Crippen LogP contribution in [0.4, 0.5) is 5.13 Å². The van der Waals surface area contributed by atoms with Crippen LogP contribution in [0.25, 0.3) is 11.3 Å². The molecule has 0 radical (unpaired) electrons. The third-order valence-electron chi connectivity index (χ3n) is 6.25. The highest BCUT2D eigenvalue weighted by molar-refractivity contribution is 7.14. The minimum Gasteiger partial charge on any atom is -0.353 e. The van der Waals surface area contributed by atoms with Crippen molar-refractivity contribution in [3.63, 3.8) is 0 Å². The lowest BCUT2D eigenvalue weighted by molar-refractivity contribution is -0.127. The molecule has 0 spiro atoms. The summed E-state index contributed by atoms with van der Waals surface area (Å²) >= 11 is 1.44. The molecule has 2 amide bonds. The number of hydrogen-bond acceptors (Lipinski definition) is 5. The largest absolute Gasteiger partial charge is 0.353 e. The molecule has 1 saturated heterocycles. The van der Waals surface area contributed by atoms with E-state index in [9.17, 15) is 9.59 Å². The molecule has 0 aliphatic carbocycles. The fourth-order valence-electron chi connectivity index (χ4n) is 3.59. The minimum absolute atomic E-state index is 0.0417. The summed E-state index contributed by atoms with van der Waals surface area (Å²) in [6, 6.07) is 6.46. The van der Waals surface area contributed by atoms with Crippen LogP contribution in [0.1, 0.15) is 44.7 Å². The summed E-state index contributed by atoms with van der Waals surface area (Å²) in [6.07, 6.45) is 1.58. The van der Waals surface area contributed by atoms with Gasteiger partial charge in [-0.25, -0.2) is 4.98 Å². The first-order chi connectivity index (χ1) is 14.7. The Morgan fingerprint density at radius 1 is 1.16 bits per heavy atom. The third kappa shape index (κ3) is 6.37. The van der Waals surface area contributed by atoms with Gasteiger partial charge in [-0.2, -0.15) is 0 Å². The smallest absolute Gasteiger partial charge is 0.240 e. The Labute approximate surface area is 189 Å². The molecular weight excluding hydrogens is 408 g/mol. The number of likely N-dealkylation sites (tertiary alicyclic amines) is 1. The Morgan fingerprint density at radius 3 is 2.52 bits per heavy atom. The van der Waals surface area contributed by atoms with Gasteiger partial charge in [0.25, 0.3) is 0 Å². The lowest BCUT2D eigenvalue weighted by atomic mass is 9.95. The van der Waals surface area contributed by atoms with E-state index in [1.807, 2.05) is 12.3 Å².